The van der Waals surface area contributed by atoms with Gasteiger partial charge in [0.05, 0.1) is 6.04 Å². The highest BCUT2D eigenvalue weighted by Crippen LogP contribution is 2.22. The Labute approximate surface area is 75.6 Å². The first-order chi connectivity index (χ1) is 6.20. The molecule has 0 aromatic heterocycles. The first-order valence-corrected chi connectivity index (χ1v) is 4.27. The van der Waals surface area contributed by atoms with E-state index in [0.717, 1.165) is 0 Å². The molecule has 1 aliphatic carbocycles. The van der Waals surface area contributed by atoms with Crippen molar-refractivity contribution in [2.75, 3.05) is 0 Å². The fourth-order valence-corrected chi connectivity index (χ4v) is 1.67. The van der Waals surface area contributed by atoms with E-state index >= 15 is 0 Å². The summed E-state index contributed by atoms with van der Waals surface area (Å²) in [4.78, 5) is 11.5. The number of hydrogen-bond donors (Lipinski definition) is 1. The van der Waals surface area contributed by atoms with Gasteiger partial charge in [-0.1, -0.05) is 12.1 Å². The summed E-state index contributed by atoms with van der Waals surface area (Å²) in [5.74, 6) is -0.432. The summed E-state index contributed by atoms with van der Waals surface area (Å²) in [6, 6.07) is 4.11. The average Bonchev–Trinajstić information content (AvgIpc) is 2.12. The molecule has 1 unspecified atom stereocenters. The zero-order valence-electron chi connectivity index (χ0n) is 7.09. The van der Waals surface area contributed by atoms with Gasteiger partial charge in [-0.2, -0.15) is 0 Å². The van der Waals surface area contributed by atoms with Crippen LogP contribution in [-0.4, -0.2) is 11.8 Å². The Morgan fingerprint density at radius 2 is 2.23 bits per heavy atom. The van der Waals surface area contributed by atoms with Crippen LogP contribution in [0.4, 0.5) is 4.39 Å². The lowest BCUT2D eigenvalue weighted by Gasteiger charge is -2.19. The maximum atomic E-state index is 13.2. The van der Waals surface area contributed by atoms with E-state index in [1.165, 1.54) is 6.07 Å². The van der Waals surface area contributed by atoms with Gasteiger partial charge in [0.15, 0.2) is 5.78 Å². The molecular weight excluding hydrogens is 169 g/mol. The summed E-state index contributed by atoms with van der Waals surface area (Å²) in [7, 11) is 0. The standard InChI is InChI=1S/C10H10FNO/c11-8-3-1-2-7-6(8)4-5-9(12)10(7)13/h1-3,9H,4-5,12H2. The lowest BCUT2D eigenvalue weighted by atomic mass is 9.87. The molecule has 0 heterocycles. The lowest BCUT2D eigenvalue weighted by Crippen LogP contribution is -2.35. The van der Waals surface area contributed by atoms with Crippen LogP contribution in [0, 0.1) is 5.82 Å². The largest absolute Gasteiger partial charge is 0.321 e. The molecule has 0 fully saturated rings. The number of rotatable bonds is 0. The maximum Gasteiger partial charge on any atom is 0.179 e. The SMILES string of the molecule is NC1CCc2c(F)cccc2C1=O. The molecule has 0 aliphatic heterocycles. The van der Waals surface area contributed by atoms with Gasteiger partial charge in [0.25, 0.3) is 0 Å². The highest BCUT2D eigenvalue weighted by atomic mass is 19.1. The second kappa shape index (κ2) is 2.92. The van der Waals surface area contributed by atoms with Crippen LogP contribution in [0.3, 0.4) is 0 Å². The molecule has 1 aromatic rings. The first kappa shape index (κ1) is 8.38. The molecule has 3 heteroatoms. The van der Waals surface area contributed by atoms with Crippen molar-refractivity contribution in [3.63, 3.8) is 0 Å². The van der Waals surface area contributed by atoms with E-state index in [-0.39, 0.29) is 11.6 Å². The highest BCUT2D eigenvalue weighted by Gasteiger charge is 2.25. The molecular formula is C10H10FNO. The number of carbonyl (C=O) groups is 1. The van der Waals surface area contributed by atoms with Crippen molar-refractivity contribution in [2.45, 2.75) is 18.9 Å². The predicted octanol–water partition coefficient (Wildman–Crippen LogP) is 1.28. The van der Waals surface area contributed by atoms with Crippen molar-refractivity contribution in [3.05, 3.63) is 35.1 Å². The third-order valence-electron chi connectivity index (χ3n) is 2.43. The Hall–Kier alpha value is -1.22. The summed E-state index contributed by atoms with van der Waals surface area (Å²) in [5, 5.41) is 0. The van der Waals surface area contributed by atoms with Gasteiger partial charge < -0.3 is 5.73 Å². The predicted molar refractivity (Wildman–Crippen MR) is 47.0 cm³/mol. The third-order valence-corrected chi connectivity index (χ3v) is 2.43. The highest BCUT2D eigenvalue weighted by molar-refractivity contribution is 6.02. The molecule has 1 aliphatic rings. The fourth-order valence-electron chi connectivity index (χ4n) is 1.67. The Bertz CT molecular complexity index is 362. The average molecular weight is 179 g/mol. The number of Topliss-reactive ketones (excluding diaryl/α,β-unsaturated/α-hetero) is 1. The van der Waals surface area contributed by atoms with E-state index < -0.39 is 6.04 Å². The van der Waals surface area contributed by atoms with E-state index in [1.807, 2.05) is 0 Å². The van der Waals surface area contributed by atoms with Gasteiger partial charge in [0, 0.05) is 5.56 Å². The molecule has 0 saturated heterocycles. The Morgan fingerprint density at radius 3 is 3.00 bits per heavy atom. The van der Waals surface area contributed by atoms with Crippen molar-refractivity contribution in [3.8, 4) is 0 Å². The summed E-state index contributed by atoms with van der Waals surface area (Å²) in [6.07, 6.45) is 1.11. The third kappa shape index (κ3) is 1.25. The van der Waals surface area contributed by atoms with Crippen molar-refractivity contribution in [1.29, 1.82) is 0 Å². The van der Waals surface area contributed by atoms with Crippen LogP contribution in [0.15, 0.2) is 18.2 Å². The molecule has 2 rings (SSSR count). The first-order valence-electron chi connectivity index (χ1n) is 4.27. The van der Waals surface area contributed by atoms with Crippen molar-refractivity contribution in [1.82, 2.24) is 0 Å². The van der Waals surface area contributed by atoms with Crippen molar-refractivity contribution >= 4 is 5.78 Å². The fraction of sp³-hybridized carbons (Fsp3) is 0.300. The van der Waals surface area contributed by atoms with E-state index in [9.17, 15) is 9.18 Å². The van der Waals surface area contributed by atoms with Gasteiger partial charge in [-0.15, -0.1) is 0 Å². The normalized spacial score (nSPS) is 21.4. The van der Waals surface area contributed by atoms with Gasteiger partial charge >= 0.3 is 0 Å². The number of ketones is 1. The molecule has 0 saturated carbocycles. The van der Waals surface area contributed by atoms with Crippen LogP contribution in [0.5, 0.6) is 0 Å². The molecule has 0 radical (unpaired) electrons. The number of nitrogens with two attached hydrogens (primary N) is 1. The molecule has 1 atom stereocenters. The molecule has 2 nitrogen and oxygen atoms in total. The van der Waals surface area contributed by atoms with E-state index in [0.29, 0.717) is 24.0 Å². The smallest absolute Gasteiger partial charge is 0.179 e. The minimum absolute atomic E-state index is 0.138. The Morgan fingerprint density at radius 1 is 1.46 bits per heavy atom. The molecule has 0 spiro atoms. The summed E-state index contributed by atoms with van der Waals surface area (Å²) in [5.41, 5.74) is 6.55. The van der Waals surface area contributed by atoms with E-state index in [1.54, 1.807) is 12.1 Å². The van der Waals surface area contributed by atoms with E-state index in [2.05, 4.69) is 0 Å². The molecule has 0 bridgehead atoms. The summed E-state index contributed by atoms with van der Waals surface area (Å²) < 4.78 is 13.2. The molecule has 13 heavy (non-hydrogen) atoms. The molecule has 1 aromatic carbocycles. The number of carbonyl (C=O) groups excluding carboxylic acids is 1. The molecule has 2 N–H and O–H groups in total. The van der Waals surface area contributed by atoms with Gasteiger partial charge in [-0.3, -0.25) is 4.79 Å². The zero-order chi connectivity index (χ0) is 9.42. The van der Waals surface area contributed by atoms with Crippen LogP contribution >= 0.6 is 0 Å². The minimum Gasteiger partial charge on any atom is -0.321 e. The van der Waals surface area contributed by atoms with Crippen LogP contribution in [0.25, 0.3) is 0 Å². The Kier molecular flexibility index (Phi) is 1.88. The maximum absolute atomic E-state index is 13.2. The lowest BCUT2D eigenvalue weighted by molar-refractivity contribution is 0.0947. The van der Waals surface area contributed by atoms with Crippen LogP contribution in [0.2, 0.25) is 0 Å². The van der Waals surface area contributed by atoms with Gasteiger partial charge in [-0.25, -0.2) is 4.39 Å². The second-order valence-corrected chi connectivity index (χ2v) is 3.28. The van der Waals surface area contributed by atoms with Gasteiger partial charge in [0.1, 0.15) is 5.82 Å². The minimum atomic E-state index is -0.450. The molecule has 0 amide bonds. The van der Waals surface area contributed by atoms with Crippen molar-refractivity contribution in [2.24, 2.45) is 5.73 Å². The topological polar surface area (TPSA) is 43.1 Å². The summed E-state index contributed by atoms with van der Waals surface area (Å²) >= 11 is 0. The molecule has 68 valence electrons. The number of fused-ring (bicyclic) bond motifs is 1. The van der Waals surface area contributed by atoms with E-state index in [4.69, 9.17) is 5.73 Å². The number of benzene rings is 1. The van der Waals surface area contributed by atoms with Gasteiger partial charge in [-0.05, 0) is 24.5 Å². The summed E-state index contributed by atoms with van der Waals surface area (Å²) in [6.45, 7) is 0. The van der Waals surface area contributed by atoms with Crippen LogP contribution in [-0.2, 0) is 6.42 Å². The van der Waals surface area contributed by atoms with Crippen LogP contribution < -0.4 is 5.73 Å². The monoisotopic (exact) mass is 179 g/mol. The number of halogens is 1. The quantitative estimate of drug-likeness (QED) is 0.652. The zero-order valence-corrected chi connectivity index (χ0v) is 7.09. The van der Waals surface area contributed by atoms with Gasteiger partial charge in [0.2, 0.25) is 0 Å². The Balaban J connectivity index is 2.55. The number of hydrogen-bond acceptors (Lipinski definition) is 2. The van der Waals surface area contributed by atoms with Crippen molar-refractivity contribution < 1.29 is 9.18 Å². The van der Waals surface area contributed by atoms with Crippen LogP contribution in [0.1, 0.15) is 22.3 Å². The second-order valence-electron chi connectivity index (χ2n) is 3.28.